The number of aromatic nitrogens is 3. The molecule has 1 aromatic heterocycles. The zero-order valence-electron chi connectivity index (χ0n) is 35.5. The van der Waals surface area contributed by atoms with E-state index in [9.17, 15) is 10.5 Å². The van der Waals surface area contributed by atoms with Crippen LogP contribution in [-0.2, 0) is 5.60 Å². The molecule has 1 aliphatic heterocycles. The van der Waals surface area contributed by atoms with Gasteiger partial charge in [0, 0.05) is 38.9 Å². The summed E-state index contributed by atoms with van der Waals surface area (Å²) >= 11 is 0. The Morgan fingerprint density at radius 3 is 1.44 bits per heavy atom. The van der Waals surface area contributed by atoms with Gasteiger partial charge in [0.05, 0.1) is 23.3 Å². The van der Waals surface area contributed by atoms with Crippen molar-refractivity contribution in [3.05, 3.63) is 252 Å². The second-order valence-corrected chi connectivity index (χ2v) is 16.2. The first kappa shape index (κ1) is 39.6. The molecule has 0 N–H and O–H groups in total. The minimum atomic E-state index is -0.860. The lowest BCUT2D eigenvalue weighted by molar-refractivity contribution is 0.152. The van der Waals surface area contributed by atoms with Gasteiger partial charge in [-0.2, -0.15) is 10.5 Å². The van der Waals surface area contributed by atoms with Crippen molar-refractivity contribution in [1.82, 2.24) is 15.0 Å². The van der Waals surface area contributed by atoms with Gasteiger partial charge in [0.1, 0.15) is 5.75 Å². The molecule has 0 aliphatic carbocycles. The Kier molecular flexibility index (Phi) is 10.1. The fourth-order valence-electron chi connectivity index (χ4n) is 9.00. The van der Waals surface area contributed by atoms with E-state index in [0.717, 1.165) is 78.1 Å². The molecule has 2 heterocycles. The Morgan fingerprint density at radius 2 is 0.833 bits per heavy atom. The van der Waals surface area contributed by atoms with Gasteiger partial charge in [0.2, 0.25) is 0 Å². The van der Waals surface area contributed by atoms with Crippen molar-refractivity contribution in [1.29, 1.82) is 10.5 Å². The third-order valence-corrected chi connectivity index (χ3v) is 12.3. The molecule has 9 aromatic carbocycles. The fraction of sp³-hybridized carbons (Fsp3) is 0.0167. The van der Waals surface area contributed by atoms with Gasteiger partial charge < -0.3 is 4.74 Å². The molecular weight excluding hydrogens is 807 g/mol. The number of nitriles is 2. The summed E-state index contributed by atoms with van der Waals surface area (Å²) < 4.78 is 7.32. The van der Waals surface area contributed by atoms with Crippen LogP contribution in [0.2, 0.25) is 0 Å². The van der Waals surface area contributed by atoms with Crippen LogP contribution in [0.1, 0.15) is 27.8 Å². The number of nitrogens with zero attached hydrogens (tertiary/aromatic N) is 5. The second-order valence-electron chi connectivity index (χ2n) is 16.2. The van der Waals surface area contributed by atoms with Crippen molar-refractivity contribution >= 4 is 0 Å². The molecule has 1 aliphatic rings. The molecule has 0 saturated heterocycles. The van der Waals surface area contributed by atoms with E-state index < -0.39 is 5.60 Å². The maximum absolute atomic E-state index is 10.3. The quantitative estimate of drug-likeness (QED) is 0.151. The summed E-state index contributed by atoms with van der Waals surface area (Å²) in [6.07, 6.45) is 0. The first-order valence-electron chi connectivity index (χ1n) is 21.7. The molecule has 0 spiro atoms. The average molecular weight is 844 g/mol. The van der Waals surface area contributed by atoms with E-state index in [1.807, 2.05) is 115 Å². The van der Waals surface area contributed by atoms with Crippen LogP contribution < -0.4 is 4.74 Å². The van der Waals surface area contributed by atoms with Crippen molar-refractivity contribution < 1.29 is 4.74 Å². The van der Waals surface area contributed by atoms with Gasteiger partial charge in [-0.25, -0.2) is 15.0 Å². The Balaban J connectivity index is 0.984. The van der Waals surface area contributed by atoms with Gasteiger partial charge in [0.25, 0.3) is 0 Å². The molecule has 66 heavy (non-hydrogen) atoms. The topological polar surface area (TPSA) is 95.5 Å². The summed E-state index contributed by atoms with van der Waals surface area (Å²) in [6.45, 7) is 0. The van der Waals surface area contributed by atoms with E-state index in [-0.39, 0.29) is 0 Å². The van der Waals surface area contributed by atoms with E-state index in [4.69, 9.17) is 19.7 Å². The summed E-state index contributed by atoms with van der Waals surface area (Å²) in [5, 5.41) is 19.8. The minimum Gasteiger partial charge on any atom is -0.472 e. The zero-order valence-corrected chi connectivity index (χ0v) is 35.5. The van der Waals surface area contributed by atoms with Crippen molar-refractivity contribution in [3.8, 4) is 96.6 Å². The number of ether oxygens (including phenoxy) is 1. The molecule has 6 nitrogen and oxygen atoms in total. The summed E-state index contributed by atoms with van der Waals surface area (Å²) in [4.78, 5) is 15.1. The van der Waals surface area contributed by atoms with Crippen molar-refractivity contribution in [2.75, 3.05) is 0 Å². The molecule has 10 aromatic rings. The van der Waals surface area contributed by atoms with Crippen LogP contribution in [0.15, 0.2) is 224 Å². The highest BCUT2D eigenvalue weighted by Gasteiger charge is 2.44. The average Bonchev–Trinajstić information content (AvgIpc) is 3.41. The maximum Gasteiger partial charge on any atom is 0.185 e. The van der Waals surface area contributed by atoms with Crippen LogP contribution in [0.25, 0.3) is 78.7 Å². The minimum absolute atomic E-state index is 0.452. The smallest absolute Gasteiger partial charge is 0.185 e. The molecule has 0 bridgehead atoms. The van der Waals surface area contributed by atoms with E-state index >= 15 is 0 Å². The van der Waals surface area contributed by atoms with Gasteiger partial charge in [-0.15, -0.1) is 0 Å². The van der Waals surface area contributed by atoms with Crippen molar-refractivity contribution in [3.63, 3.8) is 0 Å². The highest BCUT2D eigenvalue weighted by Crippen LogP contribution is 2.52. The lowest BCUT2D eigenvalue weighted by atomic mass is 9.75. The summed E-state index contributed by atoms with van der Waals surface area (Å²) in [5.41, 5.74) is 13.7. The molecule has 0 unspecified atom stereocenters. The molecular formula is C60H37N5O. The Morgan fingerprint density at radius 1 is 0.348 bits per heavy atom. The Bertz CT molecular complexity index is 3460. The van der Waals surface area contributed by atoms with Crippen LogP contribution in [0.4, 0.5) is 0 Å². The van der Waals surface area contributed by atoms with Gasteiger partial charge in [-0.1, -0.05) is 200 Å². The number of hydrogen-bond donors (Lipinski definition) is 0. The van der Waals surface area contributed by atoms with Crippen molar-refractivity contribution in [2.45, 2.75) is 5.60 Å². The number of fused-ring (bicyclic) bond motifs is 3. The van der Waals surface area contributed by atoms with E-state index in [1.54, 1.807) is 6.07 Å². The molecule has 11 rings (SSSR count). The maximum atomic E-state index is 10.3. The number of rotatable bonds is 8. The first-order valence-corrected chi connectivity index (χ1v) is 21.7. The third kappa shape index (κ3) is 7.15. The summed E-state index contributed by atoms with van der Waals surface area (Å²) in [5.74, 6) is 2.25. The molecule has 0 saturated carbocycles. The van der Waals surface area contributed by atoms with E-state index in [1.165, 1.54) is 0 Å². The van der Waals surface area contributed by atoms with Crippen molar-refractivity contribution in [2.24, 2.45) is 0 Å². The zero-order chi connectivity index (χ0) is 44.5. The normalized spacial score (nSPS) is 12.2. The lowest BCUT2D eigenvalue weighted by Gasteiger charge is -2.41. The third-order valence-electron chi connectivity index (χ3n) is 12.3. The predicted octanol–water partition coefficient (Wildman–Crippen LogP) is 14.0. The molecule has 0 amide bonds. The second kappa shape index (κ2) is 16.8. The molecule has 0 fully saturated rings. The van der Waals surface area contributed by atoms with Crippen LogP contribution in [0.5, 0.6) is 5.75 Å². The fourth-order valence-corrected chi connectivity index (χ4v) is 9.00. The van der Waals surface area contributed by atoms with E-state index in [2.05, 4.69) is 115 Å². The van der Waals surface area contributed by atoms with Crippen LogP contribution >= 0.6 is 0 Å². The lowest BCUT2D eigenvalue weighted by Crippen LogP contribution is -2.38. The van der Waals surface area contributed by atoms with Crippen LogP contribution in [0, 0.1) is 22.7 Å². The summed E-state index contributed by atoms with van der Waals surface area (Å²) in [7, 11) is 0. The largest absolute Gasteiger partial charge is 0.472 e. The number of hydrogen-bond acceptors (Lipinski definition) is 6. The standard InChI is InChI=1S/C60H37N5O/c61-38-40-13-12-16-46(35-40)41-23-27-44(28-24-41)57-63-58(65-59(64-57)48-32-33-52(49(36-48)39-62)43-14-4-1-5-15-43)45-29-25-42(26-30-45)47-31-34-54-53-21-10-11-22-55(53)60(66-56(54)37-47,50-17-6-2-7-18-50)51-19-8-3-9-20-51/h1-37H. The monoisotopic (exact) mass is 843 g/mol. The SMILES string of the molecule is N#Cc1cccc(-c2ccc(-c3nc(-c4ccc(-c5ccc6c(c5)OC(c5ccccc5)(c5ccccc5)c5ccccc5-6)cc4)nc(-c4ccc(-c5ccccc5)c(C#N)c4)n3)cc2)c1. The molecule has 6 heteroatoms. The van der Waals surface area contributed by atoms with Gasteiger partial charge >= 0.3 is 0 Å². The Hall–Kier alpha value is -9.23. The van der Waals surface area contributed by atoms with Crippen LogP contribution in [0.3, 0.4) is 0 Å². The number of benzene rings is 9. The molecule has 0 radical (unpaired) electrons. The van der Waals surface area contributed by atoms with E-state index in [0.29, 0.717) is 34.2 Å². The Labute approximate surface area is 383 Å². The van der Waals surface area contributed by atoms with Gasteiger partial charge in [-0.05, 0) is 63.2 Å². The summed E-state index contributed by atoms with van der Waals surface area (Å²) in [6, 6.07) is 80.0. The highest BCUT2D eigenvalue weighted by atomic mass is 16.5. The van der Waals surface area contributed by atoms with Gasteiger partial charge in [-0.3, -0.25) is 0 Å². The first-order chi connectivity index (χ1) is 32.6. The molecule has 308 valence electrons. The predicted molar refractivity (Wildman–Crippen MR) is 261 cm³/mol. The molecule has 0 atom stereocenters. The van der Waals surface area contributed by atoms with Gasteiger partial charge in [0.15, 0.2) is 23.1 Å². The highest BCUT2D eigenvalue weighted by molar-refractivity contribution is 5.83. The van der Waals surface area contributed by atoms with Crippen LogP contribution in [-0.4, -0.2) is 15.0 Å².